The number of rotatable bonds is 2. The van der Waals surface area contributed by atoms with Crippen molar-refractivity contribution in [2.45, 2.75) is 20.8 Å². The van der Waals surface area contributed by atoms with Crippen molar-refractivity contribution in [2.24, 2.45) is 0 Å². The van der Waals surface area contributed by atoms with E-state index in [1.165, 1.54) is 6.07 Å². The molecule has 5 heteroatoms. The van der Waals surface area contributed by atoms with Gasteiger partial charge < -0.3 is 0 Å². The van der Waals surface area contributed by atoms with Crippen LogP contribution in [0.4, 0.5) is 5.69 Å². The van der Waals surface area contributed by atoms with Crippen LogP contribution in [0.3, 0.4) is 0 Å². The van der Waals surface area contributed by atoms with E-state index in [2.05, 4.69) is 15.9 Å². The molecule has 4 nitrogen and oxygen atoms in total. The Morgan fingerprint density at radius 3 is 2.27 bits per heavy atom. The monoisotopic (exact) mass is 271 g/mol. The minimum absolute atomic E-state index is 0.0880. The number of nitrogens with zero attached hydrogens (tertiary/aromatic N) is 1. The maximum atomic E-state index is 11.2. The minimum atomic E-state index is -0.417. The Morgan fingerprint density at radius 1 is 1.33 bits per heavy atom. The number of nitro groups is 1. The van der Waals surface area contributed by atoms with Crippen LogP contribution in [0.1, 0.15) is 27.0 Å². The summed E-state index contributed by atoms with van der Waals surface area (Å²) in [7, 11) is 0. The van der Waals surface area contributed by atoms with Gasteiger partial charge in [-0.15, -0.1) is 0 Å². The molecule has 0 saturated carbocycles. The van der Waals surface area contributed by atoms with Crippen molar-refractivity contribution in [1.82, 2.24) is 0 Å². The smallest absolute Gasteiger partial charge is 0.275 e. The summed E-state index contributed by atoms with van der Waals surface area (Å²) in [6.07, 6.45) is 0. The molecular weight excluding hydrogens is 262 g/mol. The van der Waals surface area contributed by atoms with Gasteiger partial charge in [0.05, 0.1) is 4.92 Å². The molecule has 1 aromatic carbocycles. The fraction of sp³-hybridized carbons (Fsp3) is 0.300. The Kier molecular flexibility index (Phi) is 3.24. The van der Waals surface area contributed by atoms with Crippen LogP contribution in [0, 0.1) is 30.9 Å². The minimum Gasteiger partial charge on any atom is -0.281 e. The summed E-state index contributed by atoms with van der Waals surface area (Å²) >= 11 is 2.85. The third-order valence-electron chi connectivity index (χ3n) is 2.45. The average Bonchev–Trinajstić information content (AvgIpc) is 2.10. The number of aryl methyl sites for hydroxylation is 1. The highest BCUT2D eigenvalue weighted by Crippen LogP contribution is 2.29. The zero-order chi connectivity index (χ0) is 11.7. The van der Waals surface area contributed by atoms with E-state index >= 15 is 0 Å². The van der Waals surface area contributed by atoms with Crippen molar-refractivity contribution >= 4 is 26.3 Å². The van der Waals surface area contributed by atoms with E-state index in [0.717, 1.165) is 0 Å². The zero-order valence-electron chi connectivity index (χ0n) is 8.63. The highest BCUT2D eigenvalue weighted by molar-refractivity contribution is 9.18. The van der Waals surface area contributed by atoms with Gasteiger partial charge in [-0.25, -0.2) is 0 Å². The molecule has 15 heavy (non-hydrogen) atoms. The molecule has 0 unspecified atom stereocenters. The van der Waals surface area contributed by atoms with E-state index in [0.29, 0.717) is 22.3 Å². The van der Waals surface area contributed by atoms with Gasteiger partial charge in [-0.2, -0.15) is 0 Å². The maximum absolute atomic E-state index is 11.2. The molecule has 0 heterocycles. The van der Waals surface area contributed by atoms with Crippen LogP contribution in [-0.4, -0.2) is 9.62 Å². The number of halogens is 1. The van der Waals surface area contributed by atoms with Crippen molar-refractivity contribution in [2.75, 3.05) is 0 Å². The van der Waals surface area contributed by atoms with Crippen LogP contribution < -0.4 is 0 Å². The van der Waals surface area contributed by atoms with Crippen LogP contribution in [0.15, 0.2) is 6.07 Å². The molecule has 0 spiro atoms. The van der Waals surface area contributed by atoms with Crippen LogP contribution in [0.25, 0.3) is 0 Å². The molecule has 0 amide bonds. The molecular formula is C10H10BrNO3. The molecule has 1 aromatic rings. The fourth-order valence-electron chi connectivity index (χ4n) is 1.55. The second-order valence-electron chi connectivity index (χ2n) is 3.37. The van der Waals surface area contributed by atoms with E-state index in [1.807, 2.05) is 0 Å². The van der Waals surface area contributed by atoms with Crippen LogP contribution in [0.2, 0.25) is 0 Å². The molecule has 0 saturated heterocycles. The first kappa shape index (κ1) is 11.8. The molecule has 0 bridgehead atoms. The van der Waals surface area contributed by atoms with Gasteiger partial charge in [0.15, 0.2) is 0 Å². The van der Waals surface area contributed by atoms with Crippen molar-refractivity contribution in [3.05, 3.63) is 38.4 Å². The van der Waals surface area contributed by atoms with Gasteiger partial charge in [0.2, 0.25) is 4.69 Å². The molecule has 80 valence electrons. The van der Waals surface area contributed by atoms with Crippen LogP contribution in [-0.2, 0) is 0 Å². The molecule has 0 aliphatic heterocycles. The Balaban J connectivity index is 3.58. The lowest BCUT2D eigenvalue weighted by Gasteiger charge is -2.08. The lowest BCUT2D eigenvalue weighted by molar-refractivity contribution is -0.386. The van der Waals surface area contributed by atoms with E-state index in [1.54, 1.807) is 20.8 Å². The molecule has 0 radical (unpaired) electrons. The lowest BCUT2D eigenvalue weighted by atomic mass is 9.98. The molecule has 1 rings (SSSR count). The van der Waals surface area contributed by atoms with E-state index < -0.39 is 4.92 Å². The summed E-state index contributed by atoms with van der Waals surface area (Å²) in [4.78, 5) is 21.6. The first-order chi connectivity index (χ1) is 6.86. The van der Waals surface area contributed by atoms with E-state index in [4.69, 9.17) is 0 Å². The Bertz CT molecular complexity index is 454. The first-order valence-electron chi connectivity index (χ1n) is 4.31. The molecule has 0 aromatic heterocycles. The second-order valence-corrected chi connectivity index (χ2v) is 4.09. The summed E-state index contributed by atoms with van der Waals surface area (Å²) in [5, 5.41) is 10.8. The fourth-order valence-corrected chi connectivity index (χ4v) is 1.97. The number of benzene rings is 1. The Hall–Kier alpha value is -1.23. The van der Waals surface area contributed by atoms with Crippen molar-refractivity contribution in [1.29, 1.82) is 0 Å². The Labute approximate surface area is 95.6 Å². The van der Waals surface area contributed by atoms with Gasteiger partial charge in [-0.1, -0.05) is 0 Å². The highest BCUT2D eigenvalue weighted by atomic mass is 79.9. The number of hydrogen-bond acceptors (Lipinski definition) is 3. The topological polar surface area (TPSA) is 60.2 Å². The highest BCUT2D eigenvalue weighted by Gasteiger charge is 2.20. The summed E-state index contributed by atoms with van der Waals surface area (Å²) in [5.74, 6) is 0. The lowest BCUT2D eigenvalue weighted by Crippen LogP contribution is -2.02. The van der Waals surface area contributed by atoms with Crippen molar-refractivity contribution < 1.29 is 9.72 Å². The quantitative estimate of drug-likeness (QED) is 0.472. The standard InChI is InChI=1S/C10H10BrNO3/c1-5-4-8(10(11)13)6(2)7(3)9(5)12(14)15/h4H,1-3H3. The predicted molar refractivity (Wildman–Crippen MR) is 60.6 cm³/mol. The van der Waals surface area contributed by atoms with Gasteiger partial charge in [0, 0.05) is 16.7 Å². The number of carbonyl (C=O) groups is 1. The van der Waals surface area contributed by atoms with E-state index in [9.17, 15) is 14.9 Å². The van der Waals surface area contributed by atoms with Crippen LogP contribution in [0.5, 0.6) is 0 Å². The molecule has 0 aliphatic carbocycles. The summed E-state index contributed by atoms with van der Waals surface area (Å²) in [6.45, 7) is 4.99. The van der Waals surface area contributed by atoms with Gasteiger partial charge in [-0.05, 0) is 48.3 Å². The van der Waals surface area contributed by atoms with Gasteiger partial charge in [-0.3, -0.25) is 14.9 Å². The molecule has 0 N–H and O–H groups in total. The molecule has 0 fully saturated rings. The predicted octanol–water partition coefficient (Wildman–Crippen LogP) is 3.06. The average molecular weight is 272 g/mol. The zero-order valence-corrected chi connectivity index (χ0v) is 10.2. The summed E-state index contributed by atoms with van der Waals surface area (Å²) in [6, 6.07) is 1.54. The van der Waals surface area contributed by atoms with Gasteiger partial charge in [0.25, 0.3) is 5.69 Å². The van der Waals surface area contributed by atoms with Crippen molar-refractivity contribution in [3.8, 4) is 0 Å². The Morgan fingerprint density at radius 2 is 1.87 bits per heavy atom. The summed E-state index contributed by atoms with van der Waals surface area (Å²) < 4.78 is -0.249. The maximum Gasteiger partial charge on any atom is 0.275 e. The third-order valence-corrected chi connectivity index (χ3v) is 2.88. The van der Waals surface area contributed by atoms with Gasteiger partial charge in [0.1, 0.15) is 0 Å². The summed E-state index contributed by atoms with van der Waals surface area (Å²) in [5.41, 5.74) is 2.27. The number of carbonyl (C=O) groups excluding carboxylic acids is 1. The number of nitro benzene ring substituents is 1. The largest absolute Gasteiger partial charge is 0.281 e. The first-order valence-corrected chi connectivity index (χ1v) is 5.10. The third kappa shape index (κ3) is 2.07. The molecule has 0 atom stereocenters. The molecule has 0 aliphatic rings. The number of hydrogen-bond donors (Lipinski definition) is 0. The normalized spacial score (nSPS) is 10.1. The SMILES string of the molecule is Cc1cc(C(=O)Br)c(C)c(C)c1[N+](=O)[O-]. The van der Waals surface area contributed by atoms with E-state index in [-0.39, 0.29) is 10.4 Å². The second kappa shape index (κ2) is 4.10. The van der Waals surface area contributed by atoms with Crippen molar-refractivity contribution in [3.63, 3.8) is 0 Å². The van der Waals surface area contributed by atoms with Gasteiger partial charge >= 0.3 is 0 Å². The van der Waals surface area contributed by atoms with Crippen LogP contribution >= 0.6 is 15.9 Å².